The zero-order chi connectivity index (χ0) is 18.7. The molecule has 2 fully saturated rings. The minimum atomic E-state index is 0.633. The fourth-order valence-corrected chi connectivity index (χ4v) is 3.75. The van der Waals surface area contributed by atoms with Crippen LogP contribution in [0.15, 0.2) is 35.3 Å². The second kappa shape index (κ2) is 11.1. The van der Waals surface area contributed by atoms with Crippen LogP contribution >= 0.6 is 0 Å². The van der Waals surface area contributed by atoms with E-state index in [9.17, 15) is 0 Å². The lowest BCUT2D eigenvalue weighted by Gasteiger charge is -2.26. The van der Waals surface area contributed by atoms with Crippen molar-refractivity contribution in [1.82, 2.24) is 15.5 Å². The second-order valence-corrected chi connectivity index (χ2v) is 7.39. The van der Waals surface area contributed by atoms with Crippen molar-refractivity contribution >= 4 is 11.6 Å². The fourth-order valence-electron chi connectivity index (χ4n) is 3.75. The zero-order valence-corrected chi connectivity index (χ0v) is 16.7. The van der Waals surface area contributed by atoms with Gasteiger partial charge in [-0.2, -0.15) is 0 Å². The van der Waals surface area contributed by atoms with Gasteiger partial charge in [0.1, 0.15) is 0 Å². The number of ether oxygens (including phenoxy) is 1. The van der Waals surface area contributed by atoms with Crippen LogP contribution in [-0.4, -0.2) is 76.4 Å². The molecule has 1 unspecified atom stereocenters. The highest BCUT2D eigenvalue weighted by Crippen LogP contribution is 2.23. The van der Waals surface area contributed by atoms with Gasteiger partial charge in [-0.1, -0.05) is 18.2 Å². The molecule has 1 aromatic rings. The molecular formula is C21H35N5O. The highest BCUT2D eigenvalue weighted by molar-refractivity contribution is 5.79. The molecule has 27 heavy (non-hydrogen) atoms. The molecule has 0 aromatic heterocycles. The maximum atomic E-state index is 5.40. The summed E-state index contributed by atoms with van der Waals surface area (Å²) in [6, 6.07) is 10.7. The molecule has 6 nitrogen and oxygen atoms in total. The number of rotatable bonds is 8. The van der Waals surface area contributed by atoms with Gasteiger partial charge < -0.3 is 20.3 Å². The lowest BCUT2D eigenvalue weighted by atomic mass is 10.1. The van der Waals surface area contributed by atoms with Crippen molar-refractivity contribution in [2.24, 2.45) is 10.9 Å². The summed E-state index contributed by atoms with van der Waals surface area (Å²) in [6.07, 6.45) is 2.35. The van der Waals surface area contributed by atoms with Gasteiger partial charge in [0.15, 0.2) is 5.96 Å². The maximum absolute atomic E-state index is 5.40. The Bertz CT molecular complexity index is 559. The van der Waals surface area contributed by atoms with Crippen molar-refractivity contribution in [3.8, 4) is 0 Å². The Balaban J connectivity index is 1.38. The monoisotopic (exact) mass is 373 g/mol. The summed E-state index contributed by atoms with van der Waals surface area (Å²) in [5.41, 5.74) is 1.33. The molecule has 0 radical (unpaired) electrons. The van der Waals surface area contributed by atoms with Gasteiger partial charge in [-0.3, -0.25) is 9.89 Å². The summed E-state index contributed by atoms with van der Waals surface area (Å²) in [6.45, 7) is 12.1. The molecule has 2 aliphatic rings. The molecule has 1 aromatic carbocycles. The number of nitrogens with one attached hydrogen (secondary N) is 2. The molecular weight excluding hydrogens is 338 g/mol. The van der Waals surface area contributed by atoms with E-state index in [-0.39, 0.29) is 0 Å². The molecule has 0 aliphatic carbocycles. The van der Waals surface area contributed by atoms with Crippen molar-refractivity contribution in [1.29, 1.82) is 0 Å². The van der Waals surface area contributed by atoms with Crippen molar-refractivity contribution < 1.29 is 4.74 Å². The number of para-hydroxylation sites is 1. The third kappa shape index (κ3) is 6.70. The van der Waals surface area contributed by atoms with Gasteiger partial charge in [0.25, 0.3) is 0 Å². The summed E-state index contributed by atoms with van der Waals surface area (Å²) in [5.74, 6) is 1.59. The van der Waals surface area contributed by atoms with E-state index in [1.165, 1.54) is 12.1 Å². The second-order valence-electron chi connectivity index (χ2n) is 7.39. The van der Waals surface area contributed by atoms with E-state index in [1.807, 2.05) is 0 Å². The first kappa shape index (κ1) is 20.0. The van der Waals surface area contributed by atoms with Crippen LogP contribution in [0.4, 0.5) is 5.69 Å². The van der Waals surface area contributed by atoms with Crippen LogP contribution in [-0.2, 0) is 4.74 Å². The Morgan fingerprint density at radius 2 is 1.96 bits per heavy atom. The van der Waals surface area contributed by atoms with Crippen LogP contribution in [0.3, 0.4) is 0 Å². The van der Waals surface area contributed by atoms with E-state index in [0.29, 0.717) is 5.92 Å². The summed E-state index contributed by atoms with van der Waals surface area (Å²) in [4.78, 5) is 9.80. The lowest BCUT2D eigenvalue weighted by molar-refractivity contribution is 0.0376. The number of guanidine groups is 1. The third-order valence-corrected chi connectivity index (χ3v) is 5.31. The Morgan fingerprint density at radius 1 is 1.15 bits per heavy atom. The third-order valence-electron chi connectivity index (χ3n) is 5.31. The number of nitrogens with zero attached hydrogens (tertiary/aromatic N) is 3. The van der Waals surface area contributed by atoms with E-state index in [4.69, 9.17) is 9.73 Å². The SMILES string of the molecule is CCNC(=NCC1CCN(c2ccccc2)C1)NCCCN1CCOCC1. The minimum absolute atomic E-state index is 0.633. The molecule has 2 saturated heterocycles. The quantitative estimate of drug-likeness (QED) is 0.413. The normalized spacial score (nSPS) is 21.4. The highest BCUT2D eigenvalue weighted by atomic mass is 16.5. The van der Waals surface area contributed by atoms with Crippen molar-refractivity contribution in [2.75, 3.05) is 70.5 Å². The first-order chi connectivity index (χ1) is 13.3. The molecule has 1 atom stereocenters. The summed E-state index contributed by atoms with van der Waals surface area (Å²) in [5, 5.41) is 6.87. The molecule has 2 N–H and O–H groups in total. The number of anilines is 1. The smallest absolute Gasteiger partial charge is 0.191 e. The van der Waals surface area contributed by atoms with Crippen molar-refractivity contribution in [3.63, 3.8) is 0 Å². The standard InChI is InChI=1S/C21H35N5O/c1-2-22-21(23-10-6-11-25-13-15-27-16-14-25)24-17-19-9-12-26(18-19)20-7-4-3-5-8-20/h3-5,7-8,19H,2,6,9-18H2,1H3,(H2,22,23,24). The van der Waals surface area contributed by atoms with Gasteiger partial charge in [-0.05, 0) is 44.4 Å². The minimum Gasteiger partial charge on any atom is -0.379 e. The van der Waals surface area contributed by atoms with Gasteiger partial charge in [-0.15, -0.1) is 0 Å². The molecule has 2 aliphatic heterocycles. The number of aliphatic imine (C=N–C) groups is 1. The van der Waals surface area contributed by atoms with Crippen LogP contribution in [0.2, 0.25) is 0 Å². The lowest BCUT2D eigenvalue weighted by Crippen LogP contribution is -2.41. The fraction of sp³-hybridized carbons (Fsp3) is 0.667. The zero-order valence-electron chi connectivity index (χ0n) is 16.7. The molecule has 0 amide bonds. The Hall–Kier alpha value is -1.79. The summed E-state index contributed by atoms with van der Waals surface area (Å²) >= 11 is 0. The highest BCUT2D eigenvalue weighted by Gasteiger charge is 2.22. The molecule has 0 bridgehead atoms. The Morgan fingerprint density at radius 3 is 2.74 bits per heavy atom. The first-order valence-electron chi connectivity index (χ1n) is 10.5. The average Bonchev–Trinajstić information content (AvgIpc) is 3.20. The predicted molar refractivity (Wildman–Crippen MR) is 113 cm³/mol. The molecule has 2 heterocycles. The van der Waals surface area contributed by atoms with E-state index >= 15 is 0 Å². The van der Waals surface area contributed by atoms with Crippen LogP contribution in [0, 0.1) is 5.92 Å². The summed E-state index contributed by atoms with van der Waals surface area (Å²) < 4.78 is 5.40. The van der Waals surface area contributed by atoms with E-state index in [2.05, 4.69) is 57.7 Å². The van der Waals surface area contributed by atoms with Gasteiger partial charge in [0.2, 0.25) is 0 Å². The number of hydrogen-bond donors (Lipinski definition) is 2. The van der Waals surface area contributed by atoms with Crippen molar-refractivity contribution in [3.05, 3.63) is 30.3 Å². The van der Waals surface area contributed by atoms with E-state index < -0.39 is 0 Å². The molecule has 0 spiro atoms. The van der Waals surface area contributed by atoms with Gasteiger partial charge in [0.05, 0.1) is 13.2 Å². The van der Waals surface area contributed by atoms with Crippen LogP contribution < -0.4 is 15.5 Å². The Labute approximate surface area is 164 Å². The molecule has 150 valence electrons. The molecule has 3 rings (SSSR count). The van der Waals surface area contributed by atoms with E-state index in [0.717, 1.165) is 78.0 Å². The molecule has 6 heteroatoms. The van der Waals surface area contributed by atoms with Crippen LogP contribution in [0.1, 0.15) is 19.8 Å². The number of benzene rings is 1. The predicted octanol–water partition coefficient (Wildman–Crippen LogP) is 1.79. The number of morpholine rings is 1. The van der Waals surface area contributed by atoms with Gasteiger partial charge >= 0.3 is 0 Å². The van der Waals surface area contributed by atoms with Crippen LogP contribution in [0.5, 0.6) is 0 Å². The maximum Gasteiger partial charge on any atom is 0.191 e. The van der Waals surface area contributed by atoms with E-state index in [1.54, 1.807) is 0 Å². The van der Waals surface area contributed by atoms with Gasteiger partial charge in [0, 0.05) is 51.5 Å². The van der Waals surface area contributed by atoms with Crippen molar-refractivity contribution in [2.45, 2.75) is 19.8 Å². The average molecular weight is 374 g/mol. The molecule has 0 saturated carbocycles. The van der Waals surface area contributed by atoms with Gasteiger partial charge in [-0.25, -0.2) is 0 Å². The topological polar surface area (TPSA) is 52.1 Å². The summed E-state index contributed by atoms with van der Waals surface area (Å²) in [7, 11) is 0. The Kier molecular flexibility index (Phi) is 8.24. The number of hydrogen-bond acceptors (Lipinski definition) is 4. The first-order valence-corrected chi connectivity index (χ1v) is 10.5. The largest absolute Gasteiger partial charge is 0.379 e. The van der Waals surface area contributed by atoms with Crippen LogP contribution in [0.25, 0.3) is 0 Å².